The number of nitrogens with one attached hydrogen (secondary N) is 2. The number of carbonyl (C=O) groups is 2. The highest BCUT2D eigenvalue weighted by Crippen LogP contribution is 2.39. The predicted molar refractivity (Wildman–Crippen MR) is 73.7 cm³/mol. The van der Waals surface area contributed by atoms with Gasteiger partial charge in [-0.25, -0.2) is 10.2 Å². The highest BCUT2D eigenvalue weighted by molar-refractivity contribution is 5.84. The van der Waals surface area contributed by atoms with Gasteiger partial charge >= 0.3 is 5.97 Å². The lowest BCUT2D eigenvalue weighted by Crippen LogP contribution is -2.70. The van der Waals surface area contributed by atoms with Crippen molar-refractivity contribution in [2.24, 2.45) is 0 Å². The maximum absolute atomic E-state index is 11.8. The van der Waals surface area contributed by atoms with Gasteiger partial charge in [0.1, 0.15) is 6.54 Å². The zero-order chi connectivity index (χ0) is 16.1. The lowest BCUT2D eigenvalue weighted by Gasteiger charge is -2.50. The molecule has 3 N–H and O–H groups in total. The van der Waals surface area contributed by atoms with Gasteiger partial charge < -0.3 is 20.4 Å². The molecule has 7 nitrogen and oxygen atoms in total. The Labute approximate surface area is 124 Å². The van der Waals surface area contributed by atoms with Gasteiger partial charge in [-0.3, -0.25) is 4.48 Å². The Kier molecular flexibility index (Phi) is 3.54. The molecule has 2 aliphatic heterocycles. The quantitative estimate of drug-likeness (QED) is 0.617. The van der Waals surface area contributed by atoms with E-state index >= 15 is 0 Å². The largest absolute Gasteiger partial charge is 0.498 e. The van der Waals surface area contributed by atoms with Crippen LogP contribution in [0.25, 0.3) is 0 Å². The average Bonchev–Trinajstić information content (AvgIpc) is 2.75. The van der Waals surface area contributed by atoms with Crippen LogP contribution in [0, 0.1) is 0 Å². The molecule has 0 radical (unpaired) electrons. The molecule has 118 valence electrons. The van der Waals surface area contributed by atoms with Crippen LogP contribution in [0.15, 0.2) is 11.3 Å². The number of carboxylic acid groups (broad SMARTS) is 2. The molecule has 2 rings (SSSR count). The number of carbonyl (C=O) groups excluding carboxylic acids is 1. The van der Waals surface area contributed by atoms with Crippen LogP contribution in [-0.2, 0) is 4.79 Å². The molecule has 2 unspecified atom stereocenters. The minimum Gasteiger partial charge on any atom is -0.498 e. The van der Waals surface area contributed by atoms with E-state index in [4.69, 9.17) is 0 Å². The second-order valence-corrected chi connectivity index (χ2v) is 6.81. The van der Waals surface area contributed by atoms with Gasteiger partial charge in [-0.1, -0.05) is 6.92 Å². The topological polar surface area (TPSA) is 101 Å². The van der Waals surface area contributed by atoms with Crippen LogP contribution < -0.4 is 16.0 Å². The summed E-state index contributed by atoms with van der Waals surface area (Å²) in [5.41, 5.74) is 5.40. The summed E-state index contributed by atoms with van der Waals surface area (Å²) in [6.07, 6.45) is -0.329. The number of carboxylic acids is 1. The fourth-order valence-corrected chi connectivity index (χ4v) is 3.32. The van der Waals surface area contributed by atoms with Gasteiger partial charge in [0.2, 0.25) is 0 Å². The van der Waals surface area contributed by atoms with Crippen molar-refractivity contribution in [2.75, 3.05) is 13.1 Å². The molecule has 0 saturated carbocycles. The fraction of sp³-hybridized carbons (Fsp3) is 0.714. The first kappa shape index (κ1) is 15.8. The summed E-state index contributed by atoms with van der Waals surface area (Å²) in [5.74, 6) is -0.991. The molecule has 0 aromatic carbocycles. The number of hydrogen-bond acceptors (Lipinski definition) is 5. The van der Waals surface area contributed by atoms with Crippen molar-refractivity contribution in [3.63, 3.8) is 0 Å². The van der Waals surface area contributed by atoms with Crippen LogP contribution in [0.1, 0.15) is 40.5 Å². The van der Waals surface area contributed by atoms with Crippen molar-refractivity contribution in [3.8, 4) is 0 Å². The van der Waals surface area contributed by atoms with Crippen molar-refractivity contribution in [1.29, 1.82) is 0 Å². The van der Waals surface area contributed by atoms with Crippen LogP contribution in [0.2, 0.25) is 0 Å². The van der Waals surface area contributed by atoms with Crippen molar-refractivity contribution in [1.82, 2.24) is 10.9 Å². The number of rotatable bonds is 2. The van der Waals surface area contributed by atoms with E-state index in [-0.39, 0.29) is 11.0 Å². The molecule has 0 aromatic rings. The minimum atomic E-state index is -1.24. The van der Waals surface area contributed by atoms with Crippen molar-refractivity contribution in [3.05, 3.63) is 11.3 Å². The second-order valence-electron chi connectivity index (χ2n) is 6.81. The summed E-state index contributed by atoms with van der Waals surface area (Å²) in [6.45, 7) is 7.84. The van der Waals surface area contributed by atoms with Crippen molar-refractivity contribution in [2.45, 2.75) is 51.6 Å². The number of aliphatic carboxylic acids is 1. The molecule has 2 heterocycles. The Morgan fingerprint density at radius 2 is 2.05 bits per heavy atom. The molecule has 2 aliphatic rings. The van der Waals surface area contributed by atoms with E-state index in [2.05, 4.69) is 10.9 Å². The van der Waals surface area contributed by atoms with E-state index in [0.29, 0.717) is 25.0 Å². The summed E-state index contributed by atoms with van der Waals surface area (Å²) < 4.78 is -0.260. The predicted octanol–water partition coefficient (Wildman–Crippen LogP) is -0.0560. The number of nitrogens with zero attached hydrogens (tertiary/aromatic N) is 1. The number of quaternary nitrogens is 1. The van der Waals surface area contributed by atoms with Crippen molar-refractivity contribution < 1.29 is 24.3 Å². The molecule has 0 spiro atoms. The van der Waals surface area contributed by atoms with Gasteiger partial charge in [0, 0.05) is 17.7 Å². The first-order valence-electron chi connectivity index (χ1n) is 7.18. The van der Waals surface area contributed by atoms with E-state index in [1.54, 1.807) is 6.92 Å². The molecule has 2 atom stereocenters. The maximum atomic E-state index is 11.8. The summed E-state index contributed by atoms with van der Waals surface area (Å²) >= 11 is 0. The summed E-state index contributed by atoms with van der Waals surface area (Å²) in [6, 6.07) is 0. The highest BCUT2D eigenvalue weighted by Gasteiger charge is 2.55. The monoisotopic (exact) mass is 297 g/mol. The van der Waals surface area contributed by atoms with Gasteiger partial charge in [-0.05, 0) is 27.2 Å². The third-order valence-electron chi connectivity index (χ3n) is 5.01. The smallest absolute Gasteiger partial charge is 0.330 e. The lowest BCUT2D eigenvalue weighted by molar-refractivity contribution is -0.917. The Morgan fingerprint density at radius 3 is 2.48 bits per heavy atom. The van der Waals surface area contributed by atoms with Crippen LogP contribution in [0.5, 0.6) is 0 Å². The molecule has 0 aliphatic carbocycles. The van der Waals surface area contributed by atoms with Gasteiger partial charge in [0.05, 0.1) is 12.1 Å². The standard InChI is InChI=1S/C14H23N3O4/c1-5-14(11(18)19)9-8-17(12(20)21,13(2,3)4)7-6-10(9)15-16-14/h15-16H,5-8H2,1-4H3,(H-,18,19,20,21). The molecule has 0 fully saturated rings. The van der Waals surface area contributed by atoms with E-state index in [0.717, 1.165) is 5.70 Å². The highest BCUT2D eigenvalue weighted by atomic mass is 16.4. The molecule has 21 heavy (non-hydrogen) atoms. The van der Waals surface area contributed by atoms with Gasteiger partial charge in [0.15, 0.2) is 5.54 Å². The summed E-state index contributed by atoms with van der Waals surface area (Å²) in [4.78, 5) is 23.6. The fourth-order valence-electron chi connectivity index (χ4n) is 3.32. The van der Waals surface area contributed by atoms with Crippen molar-refractivity contribution >= 4 is 12.1 Å². The van der Waals surface area contributed by atoms with E-state index < -0.39 is 23.1 Å². The van der Waals surface area contributed by atoms with Crippen LogP contribution >= 0.6 is 0 Å². The Hall–Kier alpha value is -1.60. The summed E-state index contributed by atoms with van der Waals surface area (Å²) in [5, 5.41) is 21.4. The molecule has 0 saturated heterocycles. The van der Waals surface area contributed by atoms with E-state index in [1.165, 1.54) is 0 Å². The number of hydrogen-bond donors (Lipinski definition) is 3. The zero-order valence-corrected chi connectivity index (χ0v) is 12.9. The van der Waals surface area contributed by atoms with Crippen LogP contribution in [0.4, 0.5) is 4.79 Å². The van der Waals surface area contributed by atoms with Crippen LogP contribution in [-0.4, -0.2) is 45.8 Å². The zero-order valence-electron chi connectivity index (χ0n) is 12.9. The third-order valence-corrected chi connectivity index (χ3v) is 5.01. The van der Waals surface area contributed by atoms with Gasteiger partial charge in [-0.15, -0.1) is 0 Å². The van der Waals surface area contributed by atoms with Crippen LogP contribution in [0.3, 0.4) is 0 Å². The molecule has 7 heteroatoms. The SMILES string of the molecule is CCC1(C(=O)O)NNC2=C1C[N+](C(=O)[O-])(C(C)(C)C)CC2. The molecular weight excluding hydrogens is 274 g/mol. The third kappa shape index (κ3) is 2.03. The van der Waals surface area contributed by atoms with Gasteiger partial charge in [0.25, 0.3) is 6.09 Å². The first-order valence-corrected chi connectivity index (χ1v) is 7.18. The van der Waals surface area contributed by atoms with E-state index in [9.17, 15) is 19.8 Å². The normalized spacial score (nSPS) is 32.6. The summed E-state index contributed by atoms with van der Waals surface area (Å²) in [7, 11) is 0. The maximum Gasteiger partial charge on any atom is 0.330 e. The molecule has 0 bridgehead atoms. The second kappa shape index (κ2) is 4.71. The first-order chi connectivity index (χ1) is 9.60. The Balaban J connectivity index is 2.51. The molecule has 0 aromatic heterocycles. The lowest BCUT2D eigenvalue weighted by atomic mass is 9.82. The van der Waals surface area contributed by atoms with E-state index in [1.807, 2.05) is 20.8 Å². The Bertz CT molecular complexity index is 523. The number of hydrazine groups is 1. The minimum absolute atomic E-state index is 0.140. The number of amides is 1. The van der Waals surface area contributed by atoms with Gasteiger partial charge in [-0.2, -0.15) is 0 Å². The Morgan fingerprint density at radius 1 is 1.43 bits per heavy atom. The molecular formula is C14H23N3O4. The average molecular weight is 297 g/mol. The molecule has 1 amide bonds.